The molecule has 0 radical (unpaired) electrons. The molecule has 0 aliphatic carbocycles. The van der Waals surface area contributed by atoms with Gasteiger partial charge in [0.1, 0.15) is 33.1 Å². The Kier molecular flexibility index (Phi) is 8.08. The summed E-state index contributed by atoms with van der Waals surface area (Å²) in [6.07, 6.45) is 8.38. The molecule has 11 heteroatoms. The van der Waals surface area contributed by atoms with Crippen molar-refractivity contribution < 1.29 is 12.8 Å². The van der Waals surface area contributed by atoms with Crippen molar-refractivity contribution in [2.45, 2.75) is 18.9 Å². The van der Waals surface area contributed by atoms with Gasteiger partial charge in [-0.25, -0.2) is 22.8 Å². The molecule has 2 aliphatic heterocycles. The molecule has 39 heavy (non-hydrogen) atoms. The van der Waals surface area contributed by atoms with E-state index in [1.807, 2.05) is 29.2 Å². The molecule has 4 heterocycles. The SMILES string of the molecule is CS(=O)(=O)CCN1CCN(c2cccc(-c3cnc(/C=C\C(=N)N4CCCC4c4cccc(F)c4)[nH]3)n2)CC1. The van der Waals surface area contributed by atoms with Gasteiger partial charge in [0.15, 0.2) is 0 Å². The van der Waals surface area contributed by atoms with Crippen molar-refractivity contribution in [3.05, 3.63) is 71.9 Å². The molecule has 1 unspecified atom stereocenters. The Balaban J connectivity index is 1.20. The van der Waals surface area contributed by atoms with Crippen LogP contribution >= 0.6 is 0 Å². The van der Waals surface area contributed by atoms with Crippen LogP contribution in [-0.2, 0) is 9.84 Å². The van der Waals surface area contributed by atoms with Gasteiger partial charge in [-0.1, -0.05) is 18.2 Å². The van der Waals surface area contributed by atoms with Crippen LogP contribution in [0.25, 0.3) is 17.5 Å². The highest BCUT2D eigenvalue weighted by molar-refractivity contribution is 7.90. The van der Waals surface area contributed by atoms with Crippen LogP contribution in [0.1, 0.15) is 30.3 Å². The molecule has 0 amide bonds. The van der Waals surface area contributed by atoms with Crippen molar-refractivity contribution in [2.24, 2.45) is 0 Å². The molecule has 1 atom stereocenters. The number of amidine groups is 1. The number of aromatic nitrogens is 3. The van der Waals surface area contributed by atoms with E-state index in [-0.39, 0.29) is 17.6 Å². The quantitative estimate of drug-likeness (QED) is 0.325. The van der Waals surface area contributed by atoms with Gasteiger partial charge in [0.25, 0.3) is 0 Å². The van der Waals surface area contributed by atoms with Gasteiger partial charge in [0, 0.05) is 45.5 Å². The molecular weight excluding hydrogens is 517 g/mol. The number of imidazole rings is 1. The molecule has 2 aromatic heterocycles. The van der Waals surface area contributed by atoms with Crippen molar-refractivity contribution >= 4 is 27.6 Å². The predicted octanol–water partition coefficient (Wildman–Crippen LogP) is 3.60. The summed E-state index contributed by atoms with van der Waals surface area (Å²) in [5.41, 5.74) is 2.46. The van der Waals surface area contributed by atoms with Crippen LogP contribution in [0.5, 0.6) is 0 Å². The maximum absolute atomic E-state index is 13.7. The third kappa shape index (κ3) is 6.90. The van der Waals surface area contributed by atoms with Crippen LogP contribution in [0.15, 0.2) is 54.7 Å². The minimum absolute atomic E-state index is 0.00139. The molecule has 0 saturated carbocycles. The zero-order chi connectivity index (χ0) is 27.4. The molecule has 206 valence electrons. The number of pyridine rings is 1. The Morgan fingerprint density at radius 3 is 2.72 bits per heavy atom. The molecule has 2 aliphatic rings. The summed E-state index contributed by atoms with van der Waals surface area (Å²) < 4.78 is 36.7. The van der Waals surface area contributed by atoms with Crippen LogP contribution in [0.2, 0.25) is 0 Å². The van der Waals surface area contributed by atoms with Crippen LogP contribution < -0.4 is 4.90 Å². The highest BCUT2D eigenvalue weighted by Crippen LogP contribution is 2.32. The lowest BCUT2D eigenvalue weighted by Crippen LogP contribution is -2.47. The number of likely N-dealkylation sites (tertiary alicyclic amines) is 1. The number of benzene rings is 1. The van der Waals surface area contributed by atoms with E-state index in [1.165, 1.54) is 12.3 Å². The fourth-order valence-corrected chi connectivity index (χ4v) is 5.76. The summed E-state index contributed by atoms with van der Waals surface area (Å²) >= 11 is 0. The largest absolute Gasteiger partial charge is 0.354 e. The molecule has 0 bridgehead atoms. The lowest BCUT2D eigenvalue weighted by Gasteiger charge is -2.35. The number of nitrogens with zero attached hydrogens (tertiary/aromatic N) is 5. The minimum Gasteiger partial charge on any atom is -0.354 e. The minimum atomic E-state index is -2.96. The molecule has 2 saturated heterocycles. The first-order valence-corrected chi connectivity index (χ1v) is 15.3. The second kappa shape index (κ2) is 11.7. The number of hydrogen-bond donors (Lipinski definition) is 2. The summed E-state index contributed by atoms with van der Waals surface area (Å²) in [5, 5.41) is 8.60. The van der Waals surface area contributed by atoms with E-state index < -0.39 is 9.84 Å². The number of nitrogens with one attached hydrogen (secondary N) is 2. The topological polar surface area (TPSA) is 109 Å². The van der Waals surface area contributed by atoms with Crippen LogP contribution in [0.3, 0.4) is 0 Å². The van der Waals surface area contributed by atoms with Crippen LogP contribution in [-0.4, -0.2) is 90.3 Å². The van der Waals surface area contributed by atoms with Crippen molar-refractivity contribution in [2.75, 3.05) is 56.2 Å². The summed E-state index contributed by atoms with van der Waals surface area (Å²) in [6, 6.07) is 12.5. The van der Waals surface area contributed by atoms with Gasteiger partial charge in [-0.05, 0) is 54.8 Å². The average Bonchev–Trinajstić information content (AvgIpc) is 3.61. The third-order valence-electron chi connectivity index (χ3n) is 7.28. The molecule has 9 nitrogen and oxygen atoms in total. The average molecular weight is 552 g/mol. The smallest absolute Gasteiger partial charge is 0.148 e. The molecule has 3 aromatic rings. The number of hydrogen-bond acceptors (Lipinski definition) is 7. The van der Waals surface area contributed by atoms with E-state index in [9.17, 15) is 12.8 Å². The Hall–Kier alpha value is -3.57. The van der Waals surface area contributed by atoms with Crippen LogP contribution in [0, 0.1) is 11.2 Å². The van der Waals surface area contributed by atoms with Gasteiger partial charge in [-0.15, -0.1) is 0 Å². The Bertz CT molecular complexity index is 1450. The third-order valence-corrected chi connectivity index (χ3v) is 8.20. The zero-order valence-corrected chi connectivity index (χ0v) is 22.9. The first kappa shape index (κ1) is 27.0. The highest BCUT2D eigenvalue weighted by atomic mass is 32.2. The molecule has 2 fully saturated rings. The van der Waals surface area contributed by atoms with Gasteiger partial charge in [-0.2, -0.15) is 0 Å². The molecule has 0 spiro atoms. The van der Waals surface area contributed by atoms with Crippen molar-refractivity contribution in [1.29, 1.82) is 5.41 Å². The van der Waals surface area contributed by atoms with Gasteiger partial charge in [-0.3, -0.25) is 10.3 Å². The Morgan fingerprint density at radius 1 is 1.15 bits per heavy atom. The summed E-state index contributed by atoms with van der Waals surface area (Å²) in [6.45, 7) is 4.48. The summed E-state index contributed by atoms with van der Waals surface area (Å²) in [4.78, 5) is 19.0. The second-order valence-electron chi connectivity index (χ2n) is 10.1. The summed E-state index contributed by atoms with van der Waals surface area (Å²) in [7, 11) is -2.96. The number of H-pyrrole nitrogens is 1. The molecule has 5 rings (SSSR count). The number of halogens is 1. The number of rotatable bonds is 8. The van der Waals surface area contributed by atoms with Crippen molar-refractivity contribution in [1.82, 2.24) is 24.8 Å². The summed E-state index contributed by atoms with van der Waals surface area (Å²) in [5.74, 6) is 1.80. The fraction of sp³-hybridized carbons (Fsp3) is 0.393. The monoisotopic (exact) mass is 551 g/mol. The van der Waals surface area contributed by atoms with E-state index in [4.69, 9.17) is 10.4 Å². The van der Waals surface area contributed by atoms with Gasteiger partial charge in [0.05, 0.1) is 29.4 Å². The van der Waals surface area contributed by atoms with E-state index >= 15 is 0 Å². The number of anilines is 1. The van der Waals surface area contributed by atoms with Gasteiger partial charge in [0.2, 0.25) is 0 Å². The van der Waals surface area contributed by atoms with Crippen molar-refractivity contribution in [3.8, 4) is 11.4 Å². The lowest BCUT2D eigenvalue weighted by atomic mass is 10.0. The molecule has 1 aromatic carbocycles. The predicted molar refractivity (Wildman–Crippen MR) is 152 cm³/mol. The van der Waals surface area contributed by atoms with Gasteiger partial charge < -0.3 is 14.8 Å². The molecular formula is C28H34FN7O2S. The standard InChI is InChI=1S/C28H34FN7O2S/c1-39(37,38)18-17-34-13-15-35(16-14-34)28-9-3-7-23(33-28)24-20-31-27(32-24)11-10-26(30)36-12-4-8-25(36)21-5-2-6-22(29)19-21/h2-3,5-7,9-11,19-20,25,30H,4,8,12-18H2,1H3,(H,31,32)/b11-10-,30-26?. The van der Waals surface area contributed by atoms with E-state index in [1.54, 1.807) is 30.5 Å². The first-order chi connectivity index (χ1) is 18.7. The Labute approximate surface area is 228 Å². The number of aromatic amines is 1. The van der Waals surface area contributed by atoms with E-state index in [2.05, 4.69) is 19.8 Å². The van der Waals surface area contributed by atoms with Gasteiger partial charge >= 0.3 is 0 Å². The van der Waals surface area contributed by atoms with E-state index in [0.29, 0.717) is 18.2 Å². The number of sulfone groups is 1. The maximum atomic E-state index is 13.7. The lowest BCUT2D eigenvalue weighted by molar-refractivity contribution is 0.271. The fourth-order valence-electron chi connectivity index (χ4n) is 5.17. The molecule has 2 N–H and O–H groups in total. The first-order valence-electron chi connectivity index (χ1n) is 13.2. The highest BCUT2D eigenvalue weighted by Gasteiger charge is 2.27. The number of piperazine rings is 1. The van der Waals surface area contributed by atoms with Crippen molar-refractivity contribution in [3.63, 3.8) is 0 Å². The zero-order valence-electron chi connectivity index (χ0n) is 22.1. The Morgan fingerprint density at radius 2 is 1.95 bits per heavy atom. The van der Waals surface area contributed by atoms with E-state index in [0.717, 1.165) is 68.3 Å². The second-order valence-corrected chi connectivity index (χ2v) is 12.4. The van der Waals surface area contributed by atoms with Crippen LogP contribution in [0.4, 0.5) is 10.2 Å². The normalized spacial score (nSPS) is 18.8. The maximum Gasteiger partial charge on any atom is 0.148 e.